The van der Waals surface area contributed by atoms with Crippen molar-refractivity contribution in [1.29, 1.82) is 0 Å². The number of unbranched alkanes of at least 4 members (excludes halogenated alkanes) is 5. The summed E-state index contributed by atoms with van der Waals surface area (Å²) >= 11 is 6.02. The predicted octanol–water partition coefficient (Wildman–Crippen LogP) is 5.75. The molecular weight excluding hydrogens is 300 g/mol. The van der Waals surface area contributed by atoms with Gasteiger partial charge in [0.25, 0.3) is 5.97 Å². The third-order valence-electron chi connectivity index (χ3n) is 3.90. The molecule has 0 aliphatic heterocycles. The van der Waals surface area contributed by atoms with Gasteiger partial charge >= 0.3 is 0 Å². The smallest absolute Gasteiger partial charge is 0.285 e. The first kappa shape index (κ1) is 22.2. The molecule has 0 fully saturated rings. The first-order valence-electron chi connectivity index (χ1n) is 9.18. The van der Waals surface area contributed by atoms with Gasteiger partial charge in [-0.3, -0.25) is 0 Å². The second kappa shape index (κ2) is 14.7. The number of ether oxygens (including phenoxy) is 3. The number of hydrogen-bond donors (Lipinski definition) is 0. The van der Waals surface area contributed by atoms with Crippen LogP contribution in [0.5, 0.6) is 0 Å². The van der Waals surface area contributed by atoms with Gasteiger partial charge in [0.15, 0.2) is 0 Å². The van der Waals surface area contributed by atoms with E-state index in [1.54, 1.807) is 0 Å². The molecule has 0 bridgehead atoms. The largest absolute Gasteiger partial charge is 0.328 e. The van der Waals surface area contributed by atoms with Crippen LogP contribution in [0.4, 0.5) is 0 Å². The highest BCUT2D eigenvalue weighted by Crippen LogP contribution is 2.33. The fourth-order valence-electron chi connectivity index (χ4n) is 2.88. The molecule has 0 spiro atoms. The van der Waals surface area contributed by atoms with Crippen LogP contribution in [0.1, 0.15) is 79.1 Å². The molecule has 0 saturated heterocycles. The Morgan fingerprint density at radius 1 is 0.727 bits per heavy atom. The van der Waals surface area contributed by atoms with Crippen molar-refractivity contribution in [3.8, 4) is 0 Å². The molecule has 0 aromatic carbocycles. The Bertz CT molecular complexity index is 219. The molecule has 0 aromatic heterocycles. The van der Waals surface area contributed by atoms with Gasteiger partial charge in [-0.25, -0.2) is 0 Å². The third-order valence-corrected chi connectivity index (χ3v) is 4.12. The molecule has 0 saturated carbocycles. The van der Waals surface area contributed by atoms with E-state index in [1.807, 2.05) is 20.8 Å². The molecule has 0 amide bonds. The molecule has 1 unspecified atom stereocenters. The Morgan fingerprint density at radius 2 is 1.23 bits per heavy atom. The molecule has 0 heterocycles. The molecule has 0 aliphatic carbocycles. The Hall–Kier alpha value is 0.170. The van der Waals surface area contributed by atoms with Crippen LogP contribution in [0.3, 0.4) is 0 Å². The summed E-state index contributed by atoms with van der Waals surface area (Å²) < 4.78 is 17.8. The Labute approximate surface area is 143 Å². The fourth-order valence-corrected chi connectivity index (χ4v) is 3.15. The van der Waals surface area contributed by atoms with Crippen LogP contribution in [0.25, 0.3) is 0 Å². The highest BCUT2D eigenvalue weighted by molar-refractivity contribution is 6.17. The number of halogens is 1. The van der Waals surface area contributed by atoms with E-state index in [-0.39, 0.29) is 5.92 Å². The second-order valence-corrected chi connectivity index (χ2v) is 6.01. The summed E-state index contributed by atoms with van der Waals surface area (Å²) in [5, 5.41) is 0. The summed E-state index contributed by atoms with van der Waals surface area (Å²) in [7, 11) is 0. The fraction of sp³-hybridized carbons (Fsp3) is 1.00. The minimum atomic E-state index is -0.920. The number of alkyl halides is 1. The van der Waals surface area contributed by atoms with Crippen LogP contribution in [-0.2, 0) is 14.2 Å². The highest BCUT2D eigenvalue weighted by atomic mass is 35.5. The lowest BCUT2D eigenvalue weighted by atomic mass is 9.95. The van der Waals surface area contributed by atoms with Gasteiger partial charge in [0.1, 0.15) is 0 Å². The number of rotatable bonds is 16. The number of hydrogen-bond acceptors (Lipinski definition) is 3. The van der Waals surface area contributed by atoms with E-state index in [0.29, 0.717) is 25.7 Å². The molecule has 22 heavy (non-hydrogen) atoms. The Kier molecular flexibility index (Phi) is 14.9. The van der Waals surface area contributed by atoms with E-state index in [1.165, 1.54) is 38.5 Å². The van der Waals surface area contributed by atoms with Crippen LogP contribution in [0, 0.1) is 5.92 Å². The SMILES string of the molecule is CCCCCCCCC(CCCl)C(OCC)(OCC)OCC. The summed E-state index contributed by atoms with van der Waals surface area (Å²) in [5.41, 5.74) is 0. The summed E-state index contributed by atoms with van der Waals surface area (Å²) in [5.74, 6) is -0.123. The first-order chi connectivity index (χ1) is 10.7. The van der Waals surface area contributed by atoms with Gasteiger partial charge in [-0.1, -0.05) is 45.4 Å². The molecule has 0 aromatic rings. The molecule has 4 heteroatoms. The monoisotopic (exact) mass is 336 g/mol. The zero-order chi connectivity index (χ0) is 16.7. The minimum Gasteiger partial charge on any atom is -0.328 e. The normalized spacial score (nSPS) is 13.5. The van der Waals surface area contributed by atoms with Crippen LogP contribution in [0.15, 0.2) is 0 Å². The topological polar surface area (TPSA) is 27.7 Å². The van der Waals surface area contributed by atoms with Gasteiger partial charge in [-0.2, -0.15) is 0 Å². The van der Waals surface area contributed by atoms with E-state index in [0.717, 1.165) is 12.8 Å². The molecule has 0 radical (unpaired) electrons. The van der Waals surface area contributed by atoms with E-state index in [9.17, 15) is 0 Å². The van der Waals surface area contributed by atoms with Crippen molar-refractivity contribution in [2.45, 2.75) is 85.0 Å². The summed E-state index contributed by atoms with van der Waals surface area (Å²) in [6, 6.07) is 0. The molecule has 134 valence electrons. The van der Waals surface area contributed by atoms with E-state index >= 15 is 0 Å². The lowest BCUT2D eigenvalue weighted by Gasteiger charge is -2.39. The van der Waals surface area contributed by atoms with Crippen LogP contribution >= 0.6 is 11.6 Å². The zero-order valence-corrected chi connectivity index (χ0v) is 15.9. The molecule has 0 N–H and O–H groups in total. The Balaban J connectivity index is 4.58. The average molecular weight is 337 g/mol. The molecule has 3 nitrogen and oxygen atoms in total. The first-order valence-corrected chi connectivity index (χ1v) is 9.71. The third kappa shape index (κ3) is 8.71. The van der Waals surface area contributed by atoms with E-state index < -0.39 is 5.97 Å². The van der Waals surface area contributed by atoms with Gasteiger partial charge in [0.2, 0.25) is 0 Å². The van der Waals surface area contributed by atoms with Gasteiger partial charge in [-0.05, 0) is 33.6 Å². The van der Waals surface area contributed by atoms with Crippen molar-refractivity contribution in [2.24, 2.45) is 5.92 Å². The van der Waals surface area contributed by atoms with Crippen LogP contribution in [-0.4, -0.2) is 31.7 Å². The lowest BCUT2D eigenvalue weighted by Crippen LogP contribution is -2.47. The summed E-state index contributed by atoms with van der Waals surface area (Å²) in [6.07, 6.45) is 9.62. The molecule has 0 rings (SSSR count). The van der Waals surface area contributed by atoms with Gasteiger partial charge in [0.05, 0.1) is 0 Å². The molecule has 1 atom stereocenters. The predicted molar refractivity (Wildman–Crippen MR) is 94.4 cm³/mol. The van der Waals surface area contributed by atoms with Crippen molar-refractivity contribution in [3.05, 3.63) is 0 Å². The van der Waals surface area contributed by atoms with E-state index in [4.69, 9.17) is 25.8 Å². The van der Waals surface area contributed by atoms with Crippen molar-refractivity contribution in [2.75, 3.05) is 25.7 Å². The van der Waals surface area contributed by atoms with Gasteiger partial charge in [0, 0.05) is 31.6 Å². The summed E-state index contributed by atoms with van der Waals surface area (Å²) in [4.78, 5) is 0. The zero-order valence-electron chi connectivity index (χ0n) is 15.2. The van der Waals surface area contributed by atoms with Gasteiger partial charge in [-0.15, -0.1) is 11.6 Å². The van der Waals surface area contributed by atoms with Crippen LogP contribution < -0.4 is 0 Å². The highest BCUT2D eigenvalue weighted by Gasteiger charge is 2.41. The standard InChI is InChI=1S/C18H37ClO3/c1-5-9-10-11-12-13-14-17(15-16-19)18(20-6-2,21-7-3)22-8-4/h17H,5-16H2,1-4H3. The van der Waals surface area contributed by atoms with Crippen molar-refractivity contribution in [3.63, 3.8) is 0 Å². The second-order valence-electron chi connectivity index (χ2n) is 5.63. The quantitative estimate of drug-likeness (QED) is 0.204. The van der Waals surface area contributed by atoms with Gasteiger partial charge < -0.3 is 14.2 Å². The maximum absolute atomic E-state index is 6.02. The van der Waals surface area contributed by atoms with Crippen molar-refractivity contribution >= 4 is 11.6 Å². The molecule has 0 aliphatic rings. The molecular formula is C18H37ClO3. The van der Waals surface area contributed by atoms with E-state index in [2.05, 4.69) is 6.92 Å². The van der Waals surface area contributed by atoms with Crippen molar-refractivity contribution in [1.82, 2.24) is 0 Å². The maximum atomic E-state index is 6.02. The average Bonchev–Trinajstić information content (AvgIpc) is 2.50. The summed E-state index contributed by atoms with van der Waals surface area (Å²) in [6.45, 7) is 9.93. The van der Waals surface area contributed by atoms with Crippen LogP contribution in [0.2, 0.25) is 0 Å². The maximum Gasteiger partial charge on any atom is 0.285 e. The Morgan fingerprint density at radius 3 is 1.68 bits per heavy atom. The minimum absolute atomic E-state index is 0.191. The van der Waals surface area contributed by atoms with Crippen molar-refractivity contribution < 1.29 is 14.2 Å². The lowest BCUT2D eigenvalue weighted by molar-refractivity contribution is -0.402.